The van der Waals surface area contributed by atoms with Crippen LogP contribution in [0.3, 0.4) is 0 Å². The molecular weight excluding hydrogens is 667 g/mol. The van der Waals surface area contributed by atoms with Gasteiger partial charge in [-0.3, -0.25) is 0 Å². The highest BCUT2D eigenvalue weighted by Gasteiger charge is 2.21. The second-order valence-corrected chi connectivity index (χ2v) is 16.7. The van der Waals surface area contributed by atoms with Gasteiger partial charge < -0.3 is 10.3 Å². The highest BCUT2D eigenvalue weighted by molar-refractivity contribution is 6.10. The third-order valence-electron chi connectivity index (χ3n) is 10.8. The Morgan fingerprint density at radius 1 is 0.564 bits per heavy atom. The van der Waals surface area contributed by atoms with Gasteiger partial charge in [0.25, 0.3) is 0 Å². The molecule has 272 valence electrons. The van der Waals surface area contributed by atoms with Gasteiger partial charge in [0.15, 0.2) is 0 Å². The molecule has 0 atom stereocenters. The zero-order valence-corrected chi connectivity index (χ0v) is 32.8. The second-order valence-electron chi connectivity index (χ2n) is 16.7. The topological polar surface area (TPSA) is 43.3 Å². The van der Waals surface area contributed by atoms with Gasteiger partial charge in [0, 0.05) is 27.6 Å². The Balaban J connectivity index is 1.23. The first-order valence-electron chi connectivity index (χ1n) is 19.3. The average molecular weight is 716 g/mol. The van der Waals surface area contributed by atoms with E-state index in [1.165, 1.54) is 55.0 Å². The fourth-order valence-electron chi connectivity index (χ4n) is 7.65. The highest BCUT2D eigenvalue weighted by atomic mass is 15.0. The minimum atomic E-state index is 0.0590. The molecule has 7 aromatic carbocycles. The van der Waals surface area contributed by atoms with Crippen molar-refractivity contribution in [2.45, 2.75) is 58.8 Å². The summed E-state index contributed by atoms with van der Waals surface area (Å²) < 4.78 is 2.42. The van der Waals surface area contributed by atoms with Gasteiger partial charge in [0.2, 0.25) is 0 Å². The number of fused-ring (bicyclic) bond motifs is 4. The predicted molar refractivity (Wildman–Crippen MR) is 236 cm³/mol. The molecule has 0 amide bonds. The van der Waals surface area contributed by atoms with E-state index in [2.05, 4.69) is 174 Å². The second kappa shape index (κ2) is 14.2. The Morgan fingerprint density at radius 3 is 1.69 bits per heavy atom. The van der Waals surface area contributed by atoms with Crippen molar-refractivity contribution in [3.05, 3.63) is 192 Å². The molecule has 0 aliphatic carbocycles. The summed E-state index contributed by atoms with van der Waals surface area (Å²) in [6, 6.07) is 56.6. The van der Waals surface area contributed by atoms with Crippen LogP contribution in [0, 0.1) is 0 Å². The molecule has 0 saturated heterocycles. The number of amidine groups is 1. The monoisotopic (exact) mass is 715 g/mol. The molecule has 0 fully saturated rings. The van der Waals surface area contributed by atoms with Crippen molar-refractivity contribution in [3.8, 4) is 16.8 Å². The lowest BCUT2D eigenvalue weighted by Crippen LogP contribution is -2.13. The first-order chi connectivity index (χ1) is 26.5. The van der Waals surface area contributed by atoms with Gasteiger partial charge in [-0.2, -0.15) is 0 Å². The Kier molecular flexibility index (Phi) is 9.27. The zero-order chi connectivity index (χ0) is 38.3. The van der Waals surface area contributed by atoms with Crippen LogP contribution in [0.25, 0.3) is 55.1 Å². The molecule has 55 heavy (non-hydrogen) atoms. The molecule has 0 unspecified atom stereocenters. The summed E-state index contributed by atoms with van der Waals surface area (Å²) in [5, 5.41) is 4.91. The summed E-state index contributed by atoms with van der Waals surface area (Å²) in [6.07, 6.45) is 2.94. The minimum Gasteiger partial charge on any atom is -0.383 e. The molecule has 8 aromatic rings. The number of benzene rings is 7. The van der Waals surface area contributed by atoms with E-state index in [4.69, 9.17) is 10.7 Å². The third-order valence-corrected chi connectivity index (χ3v) is 10.8. The summed E-state index contributed by atoms with van der Waals surface area (Å²) >= 11 is 0. The molecular formula is C52H49N3. The van der Waals surface area contributed by atoms with Crippen LogP contribution in [0.1, 0.15) is 69.4 Å². The van der Waals surface area contributed by atoms with Crippen molar-refractivity contribution >= 4 is 44.1 Å². The number of rotatable bonds is 7. The van der Waals surface area contributed by atoms with Crippen LogP contribution in [0.15, 0.2) is 169 Å². The van der Waals surface area contributed by atoms with Gasteiger partial charge >= 0.3 is 0 Å². The largest absolute Gasteiger partial charge is 0.383 e. The number of allylic oxidation sites excluding steroid dienone is 1. The highest BCUT2D eigenvalue weighted by Crippen LogP contribution is 2.39. The van der Waals surface area contributed by atoms with Crippen LogP contribution in [-0.4, -0.2) is 10.4 Å². The Bertz CT molecular complexity index is 2640. The van der Waals surface area contributed by atoms with E-state index < -0.39 is 0 Å². The molecule has 1 heterocycles. The molecule has 0 aliphatic heterocycles. The summed E-state index contributed by atoms with van der Waals surface area (Å²) in [4.78, 5) is 5.06. The van der Waals surface area contributed by atoms with Crippen LogP contribution >= 0.6 is 0 Å². The van der Waals surface area contributed by atoms with Gasteiger partial charge in [0.1, 0.15) is 5.84 Å². The first-order valence-corrected chi connectivity index (χ1v) is 19.3. The summed E-state index contributed by atoms with van der Waals surface area (Å²) in [6.45, 7) is 13.7. The van der Waals surface area contributed by atoms with Gasteiger partial charge in [-0.1, -0.05) is 169 Å². The molecule has 1 aromatic heterocycles. The zero-order valence-electron chi connectivity index (χ0n) is 32.8. The Hall–Kier alpha value is -6.19. The number of nitrogens with zero attached hydrogens (tertiary/aromatic N) is 2. The van der Waals surface area contributed by atoms with Crippen molar-refractivity contribution in [2.24, 2.45) is 10.7 Å². The molecule has 0 spiro atoms. The molecule has 3 nitrogen and oxygen atoms in total. The lowest BCUT2D eigenvalue weighted by molar-refractivity contribution is 0.590. The quantitative estimate of drug-likeness (QED) is 0.130. The van der Waals surface area contributed by atoms with Gasteiger partial charge in [-0.15, -0.1) is 0 Å². The van der Waals surface area contributed by atoms with E-state index in [1.54, 1.807) is 0 Å². The fourth-order valence-corrected chi connectivity index (χ4v) is 7.65. The van der Waals surface area contributed by atoms with E-state index >= 15 is 0 Å². The van der Waals surface area contributed by atoms with Crippen LogP contribution in [0.5, 0.6) is 0 Å². The predicted octanol–water partition coefficient (Wildman–Crippen LogP) is 13.2. The van der Waals surface area contributed by atoms with Crippen LogP contribution < -0.4 is 5.73 Å². The maximum absolute atomic E-state index is 6.65. The van der Waals surface area contributed by atoms with Gasteiger partial charge in [0.05, 0.1) is 16.7 Å². The number of aliphatic imine (C=N–C) groups is 1. The molecule has 3 heteroatoms. The van der Waals surface area contributed by atoms with E-state index in [0.717, 1.165) is 34.3 Å². The Labute approximate surface area is 325 Å². The van der Waals surface area contributed by atoms with Crippen molar-refractivity contribution in [1.82, 2.24) is 4.57 Å². The summed E-state index contributed by atoms with van der Waals surface area (Å²) in [5.74, 6) is 0.498. The van der Waals surface area contributed by atoms with Gasteiger partial charge in [-0.25, -0.2) is 4.99 Å². The summed E-state index contributed by atoms with van der Waals surface area (Å²) in [7, 11) is 0. The number of aromatic nitrogens is 1. The van der Waals surface area contributed by atoms with Crippen LogP contribution in [0.2, 0.25) is 0 Å². The molecule has 0 radical (unpaired) electrons. The normalized spacial score (nSPS) is 12.9. The molecule has 2 N–H and O–H groups in total. The lowest BCUT2D eigenvalue weighted by atomic mass is 9.85. The first kappa shape index (κ1) is 35.8. The maximum Gasteiger partial charge on any atom is 0.131 e. The van der Waals surface area contributed by atoms with Crippen molar-refractivity contribution < 1.29 is 0 Å². The SMILES string of the molecule is CC(C)(C)c1ccc2c(c1)c1cc(C(C)(C)C)ccc1n2-c1ccc(-c2ccc(/C(=C/Cc3ccccc3)N=C(N)c3ccccc3)c3ccccc23)cc1. The smallest absolute Gasteiger partial charge is 0.131 e. The maximum atomic E-state index is 6.65. The molecule has 8 rings (SSSR count). The average Bonchev–Trinajstić information content (AvgIpc) is 3.52. The van der Waals surface area contributed by atoms with E-state index in [9.17, 15) is 0 Å². The number of hydrogen-bond acceptors (Lipinski definition) is 1. The minimum absolute atomic E-state index is 0.0590. The Morgan fingerprint density at radius 2 is 1.11 bits per heavy atom. The van der Waals surface area contributed by atoms with E-state index in [1.807, 2.05) is 36.4 Å². The van der Waals surface area contributed by atoms with Gasteiger partial charge in [-0.05, 0) is 92.2 Å². The van der Waals surface area contributed by atoms with Crippen molar-refractivity contribution in [1.29, 1.82) is 0 Å². The van der Waals surface area contributed by atoms with E-state index in [0.29, 0.717) is 5.84 Å². The van der Waals surface area contributed by atoms with Crippen LogP contribution in [0.4, 0.5) is 0 Å². The standard InChI is InChI=1S/C52H49N3/c1-51(2,3)38-24-31-48-45(33-38)46-34-39(52(4,5)6)25-32-49(46)55(48)40-26-22-36(23-27-40)41-28-29-44(43-20-14-13-19-42(41)43)47(30-21-35-15-9-7-10-16-35)54-50(53)37-17-11-8-12-18-37/h7-20,22-34H,21H2,1-6H3,(H2,53,54)/b47-30-. The summed E-state index contributed by atoms with van der Waals surface area (Å²) in [5.41, 5.74) is 19.4. The number of nitrogens with two attached hydrogens (primary N) is 1. The molecule has 0 bridgehead atoms. The molecule has 0 aliphatic rings. The fraction of sp³-hybridized carbons (Fsp3) is 0.173. The van der Waals surface area contributed by atoms with Crippen LogP contribution in [-0.2, 0) is 17.3 Å². The lowest BCUT2D eigenvalue weighted by Gasteiger charge is -2.19. The van der Waals surface area contributed by atoms with Crippen molar-refractivity contribution in [2.75, 3.05) is 0 Å². The third kappa shape index (κ3) is 7.11. The van der Waals surface area contributed by atoms with E-state index in [-0.39, 0.29) is 10.8 Å². The number of hydrogen-bond donors (Lipinski definition) is 1. The van der Waals surface area contributed by atoms with Crippen molar-refractivity contribution in [3.63, 3.8) is 0 Å². The molecule has 0 saturated carbocycles.